The van der Waals surface area contributed by atoms with Crippen LogP contribution in [0.1, 0.15) is 24.2 Å². The van der Waals surface area contributed by atoms with Crippen LogP contribution in [0.5, 0.6) is 5.75 Å². The van der Waals surface area contributed by atoms with E-state index in [2.05, 4.69) is 29.2 Å². The highest BCUT2D eigenvalue weighted by Gasteiger charge is 2.09. The Hall–Kier alpha value is -3.53. The number of H-pyrrole nitrogens is 1. The van der Waals surface area contributed by atoms with Crippen molar-refractivity contribution >= 4 is 16.7 Å². The second-order valence-corrected chi connectivity index (χ2v) is 7.03. The summed E-state index contributed by atoms with van der Waals surface area (Å²) in [4.78, 5) is 14.5. The van der Waals surface area contributed by atoms with Crippen LogP contribution in [-0.2, 0) is 0 Å². The van der Waals surface area contributed by atoms with Crippen LogP contribution < -0.4 is 4.74 Å². The number of hydrogen-bond acceptors (Lipinski definition) is 2. The molecule has 0 fully saturated rings. The normalized spacial score (nSPS) is 11.1. The van der Waals surface area contributed by atoms with Crippen molar-refractivity contribution in [3.8, 4) is 28.3 Å². The van der Waals surface area contributed by atoms with Crippen LogP contribution in [0, 0.1) is 0 Å². The smallest absolute Gasteiger partial charge is 0.335 e. The summed E-state index contributed by atoms with van der Waals surface area (Å²) in [5.74, 6) is -0.0419. The van der Waals surface area contributed by atoms with Crippen molar-refractivity contribution in [3.63, 3.8) is 0 Å². The number of hydrogen-bond donors (Lipinski definition) is 2. The molecule has 1 heterocycles. The van der Waals surface area contributed by atoms with E-state index in [0.29, 0.717) is 0 Å². The van der Waals surface area contributed by atoms with Gasteiger partial charge in [-0.15, -0.1) is 0 Å². The largest absolute Gasteiger partial charge is 0.490 e. The lowest BCUT2D eigenvalue weighted by Gasteiger charge is -2.13. The Bertz CT molecular complexity index is 1140. The van der Waals surface area contributed by atoms with Crippen LogP contribution in [0.15, 0.2) is 72.8 Å². The molecule has 0 atom stereocenters. The summed E-state index contributed by atoms with van der Waals surface area (Å²) in [6.45, 7) is 4.05. The maximum Gasteiger partial charge on any atom is 0.335 e. The third-order valence-corrected chi connectivity index (χ3v) is 4.64. The first-order valence-corrected chi connectivity index (χ1v) is 9.24. The van der Waals surface area contributed by atoms with Gasteiger partial charge in [0.2, 0.25) is 0 Å². The number of aromatic carboxylic acids is 1. The first-order chi connectivity index (χ1) is 13.5. The highest BCUT2D eigenvalue weighted by Crippen LogP contribution is 2.32. The standard InChI is InChI=1S/C24H21NO3/c1-15(2)28-23-5-3-4-16-6-11-19(14-20(16)23)22-13-12-21(25-22)17-7-9-18(10-8-17)24(26)27/h3-15,25H,1-2H3,(H,26,27). The minimum absolute atomic E-state index is 0.111. The molecule has 0 aliphatic rings. The van der Waals surface area contributed by atoms with E-state index < -0.39 is 5.97 Å². The molecule has 28 heavy (non-hydrogen) atoms. The average Bonchev–Trinajstić information content (AvgIpc) is 3.18. The Morgan fingerprint density at radius 1 is 0.893 bits per heavy atom. The van der Waals surface area contributed by atoms with Crippen molar-refractivity contribution in [2.24, 2.45) is 0 Å². The maximum absolute atomic E-state index is 11.0. The van der Waals surface area contributed by atoms with Gasteiger partial charge in [0, 0.05) is 16.8 Å². The van der Waals surface area contributed by atoms with Gasteiger partial charge < -0.3 is 14.8 Å². The lowest BCUT2D eigenvalue weighted by molar-refractivity contribution is 0.0697. The summed E-state index contributed by atoms with van der Waals surface area (Å²) < 4.78 is 5.97. The van der Waals surface area contributed by atoms with Crippen molar-refractivity contribution in [1.29, 1.82) is 0 Å². The molecule has 0 saturated carbocycles. The van der Waals surface area contributed by atoms with Gasteiger partial charge in [-0.3, -0.25) is 0 Å². The van der Waals surface area contributed by atoms with Crippen LogP contribution in [0.3, 0.4) is 0 Å². The Balaban J connectivity index is 1.70. The van der Waals surface area contributed by atoms with Gasteiger partial charge in [-0.25, -0.2) is 4.79 Å². The van der Waals surface area contributed by atoms with E-state index in [9.17, 15) is 4.79 Å². The van der Waals surface area contributed by atoms with Crippen LogP contribution >= 0.6 is 0 Å². The van der Waals surface area contributed by atoms with Gasteiger partial charge in [0.25, 0.3) is 0 Å². The number of nitrogens with one attached hydrogen (secondary N) is 1. The number of aromatic nitrogens is 1. The molecule has 0 unspecified atom stereocenters. The van der Waals surface area contributed by atoms with Crippen molar-refractivity contribution in [2.75, 3.05) is 0 Å². The average molecular weight is 371 g/mol. The fourth-order valence-electron chi connectivity index (χ4n) is 3.29. The van der Waals surface area contributed by atoms with Gasteiger partial charge in [0.1, 0.15) is 5.75 Å². The summed E-state index contributed by atoms with van der Waals surface area (Å²) in [5, 5.41) is 11.3. The molecule has 0 amide bonds. The fourth-order valence-corrected chi connectivity index (χ4v) is 3.29. The predicted octanol–water partition coefficient (Wildman–Crippen LogP) is 5.99. The van der Waals surface area contributed by atoms with E-state index in [4.69, 9.17) is 9.84 Å². The van der Waals surface area contributed by atoms with Gasteiger partial charge in [0.15, 0.2) is 0 Å². The first-order valence-electron chi connectivity index (χ1n) is 9.24. The zero-order valence-corrected chi connectivity index (χ0v) is 15.8. The predicted molar refractivity (Wildman–Crippen MR) is 112 cm³/mol. The van der Waals surface area contributed by atoms with Crippen molar-refractivity contribution in [1.82, 2.24) is 4.98 Å². The highest BCUT2D eigenvalue weighted by atomic mass is 16.5. The number of ether oxygens (including phenoxy) is 1. The number of carbonyl (C=O) groups is 1. The molecule has 4 rings (SSSR count). The monoisotopic (exact) mass is 371 g/mol. The molecule has 0 radical (unpaired) electrons. The van der Waals surface area contributed by atoms with E-state index in [1.54, 1.807) is 12.1 Å². The highest BCUT2D eigenvalue weighted by molar-refractivity contribution is 5.92. The molecule has 0 spiro atoms. The topological polar surface area (TPSA) is 62.3 Å². The lowest BCUT2D eigenvalue weighted by atomic mass is 10.0. The number of carboxylic acids is 1. The van der Waals surface area contributed by atoms with Crippen LogP contribution in [0.25, 0.3) is 33.3 Å². The first kappa shape index (κ1) is 17.9. The summed E-state index contributed by atoms with van der Waals surface area (Å²) >= 11 is 0. The van der Waals surface area contributed by atoms with Crippen molar-refractivity contribution in [3.05, 3.63) is 78.4 Å². The molecule has 4 heteroatoms. The maximum atomic E-state index is 11.0. The Morgan fingerprint density at radius 2 is 1.57 bits per heavy atom. The van der Waals surface area contributed by atoms with Crippen molar-refractivity contribution in [2.45, 2.75) is 20.0 Å². The summed E-state index contributed by atoms with van der Waals surface area (Å²) in [6, 6.07) is 23.3. The van der Waals surface area contributed by atoms with Crippen LogP contribution in [-0.4, -0.2) is 22.2 Å². The third kappa shape index (κ3) is 3.49. The number of benzene rings is 3. The molecule has 4 aromatic rings. The second kappa shape index (κ2) is 7.24. The molecule has 2 N–H and O–H groups in total. The van der Waals surface area contributed by atoms with E-state index in [1.165, 1.54) is 0 Å². The molecule has 0 aliphatic heterocycles. The molecule has 0 bridgehead atoms. The minimum Gasteiger partial charge on any atom is -0.490 e. The Kier molecular flexibility index (Phi) is 4.62. The fraction of sp³-hybridized carbons (Fsp3) is 0.125. The molecule has 3 aromatic carbocycles. The number of fused-ring (bicyclic) bond motifs is 1. The molecule has 0 aliphatic carbocycles. The van der Waals surface area contributed by atoms with E-state index in [0.717, 1.165) is 39.0 Å². The van der Waals surface area contributed by atoms with Gasteiger partial charge in [0.05, 0.1) is 11.7 Å². The minimum atomic E-state index is -0.922. The SMILES string of the molecule is CC(C)Oc1cccc2ccc(-c3ccc(-c4ccc(C(=O)O)cc4)[nH]3)cc12. The van der Waals surface area contributed by atoms with Crippen molar-refractivity contribution < 1.29 is 14.6 Å². The Morgan fingerprint density at radius 3 is 2.25 bits per heavy atom. The number of aromatic amines is 1. The molecular weight excluding hydrogens is 350 g/mol. The molecular formula is C24H21NO3. The summed E-state index contributed by atoms with van der Waals surface area (Å²) in [5.41, 5.74) is 4.24. The quantitative estimate of drug-likeness (QED) is 0.453. The van der Waals surface area contributed by atoms with Gasteiger partial charge in [-0.05, 0) is 66.8 Å². The van der Waals surface area contributed by atoms with Crippen LogP contribution in [0.2, 0.25) is 0 Å². The Labute approximate surface area is 163 Å². The molecule has 0 saturated heterocycles. The molecule has 4 nitrogen and oxygen atoms in total. The zero-order valence-electron chi connectivity index (χ0n) is 15.8. The summed E-state index contributed by atoms with van der Waals surface area (Å²) in [6.07, 6.45) is 0.111. The molecule has 1 aromatic heterocycles. The second-order valence-electron chi connectivity index (χ2n) is 7.03. The zero-order chi connectivity index (χ0) is 19.7. The molecule has 140 valence electrons. The van der Waals surface area contributed by atoms with E-state index >= 15 is 0 Å². The van der Waals surface area contributed by atoms with E-state index in [1.807, 2.05) is 50.2 Å². The van der Waals surface area contributed by atoms with Gasteiger partial charge in [-0.2, -0.15) is 0 Å². The van der Waals surface area contributed by atoms with Gasteiger partial charge in [-0.1, -0.05) is 36.4 Å². The lowest BCUT2D eigenvalue weighted by Crippen LogP contribution is -2.05. The summed E-state index contributed by atoms with van der Waals surface area (Å²) in [7, 11) is 0. The van der Waals surface area contributed by atoms with Crippen LogP contribution in [0.4, 0.5) is 0 Å². The number of carboxylic acid groups (broad SMARTS) is 1. The van der Waals surface area contributed by atoms with Gasteiger partial charge >= 0.3 is 5.97 Å². The number of rotatable bonds is 5. The van der Waals surface area contributed by atoms with E-state index in [-0.39, 0.29) is 11.7 Å². The third-order valence-electron chi connectivity index (χ3n) is 4.64.